The molecule has 1 amide bonds. The first-order valence-corrected chi connectivity index (χ1v) is 14.5. The number of benzene rings is 2. The van der Waals surface area contributed by atoms with Crippen molar-refractivity contribution in [2.75, 3.05) is 13.2 Å². The number of aliphatic hydroxyl groups is 1. The summed E-state index contributed by atoms with van der Waals surface area (Å²) in [5.41, 5.74) is 7.75. The number of fused-ring (bicyclic) bond motifs is 1. The van der Waals surface area contributed by atoms with E-state index in [4.69, 9.17) is 15.2 Å². The van der Waals surface area contributed by atoms with E-state index in [1.54, 1.807) is 16.7 Å². The number of ether oxygens (including phenoxy) is 2. The number of carbonyl (C=O) groups excluding carboxylic acids is 1. The number of hydrogen-bond acceptors (Lipinski definition) is 7. The number of hydrogen-bond donors (Lipinski definition) is 4. The fraction of sp³-hybridized carbons (Fsp3) is 0.406. The molecule has 1 aliphatic rings. The van der Waals surface area contributed by atoms with Crippen molar-refractivity contribution in [3.63, 3.8) is 0 Å². The number of aromatic amines is 1. The average Bonchev–Trinajstić information content (AvgIpc) is 3.26. The minimum absolute atomic E-state index is 0.102. The lowest BCUT2D eigenvalue weighted by Crippen LogP contribution is -2.46. The minimum atomic E-state index is -0.738. The molecule has 1 saturated carbocycles. The number of nitrogens with one attached hydrogen (secondary N) is 2. The number of aryl methyl sites for hydroxylation is 1. The lowest BCUT2D eigenvalue weighted by Gasteiger charge is -2.28. The maximum atomic E-state index is 12.6. The zero-order valence-corrected chi connectivity index (χ0v) is 24.1. The SMILES string of the molecule is CC(C)(Cc1ccc(Oc2ccc(C(N)=O)cn2)cc1)NC[C@H](O)COc1cccc2[nH]c(=O)n(CCC3CCC3)c12. The maximum Gasteiger partial charge on any atom is 0.326 e. The van der Waals surface area contributed by atoms with E-state index in [0.29, 0.717) is 41.9 Å². The first kappa shape index (κ1) is 29.3. The van der Waals surface area contributed by atoms with Gasteiger partial charge in [-0.05, 0) is 68.5 Å². The lowest BCUT2D eigenvalue weighted by molar-refractivity contribution is 0.0993. The number of amides is 1. The van der Waals surface area contributed by atoms with Crippen LogP contribution in [-0.2, 0) is 13.0 Å². The molecule has 0 bridgehead atoms. The third kappa shape index (κ3) is 7.37. The fourth-order valence-corrected chi connectivity index (χ4v) is 5.20. The molecule has 1 atom stereocenters. The molecule has 42 heavy (non-hydrogen) atoms. The predicted molar refractivity (Wildman–Crippen MR) is 161 cm³/mol. The van der Waals surface area contributed by atoms with Gasteiger partial charge in [0, 0.05) is 30.9 Å². The van der Waals surface area contributed by atoms with E-state index in [9.17, 15) is 14.7 Å². The monoisotopic (exact) mass is 573 g/mol. The van der Waals surface area contributed by atoms with Crippen LogP contribution in [0.25, 0.3) is 11.0 Å². The Bertz CT molecular complexity index is 1560. The summed E-state index contributed by atoms with van der Waals surface area (Å²) in [5.74, 6) is 1.76. The number of carbonyl (C=O) groups is 1. The normalized spacial score (nSPS) is 14.5. The molecule has 10 nitrogen and oxygen atoms in total. The largest absolute Gasteiger partial charge is 0.489 e. The summed E-state index contributed by atoms with van der Waals surface area (Å²) in [6.07, 6.45) is 6.12. The van der Waals surface area contributed by atoms with Crippen LogP contribution in [0.5, 0.6) is 17.4 Å². The number of H-pyrrole nitrogens is 1. The van der Waals surface area contributed by atoms with Gasteiger partial charge in [0.2, 0.25) is 11.8 Å². The molecule has 10 heteroatoms. The van der Waals surface area contributed by atoms with Gasteiger partial charge >= 0.3 is 5.69 Å². The number of primary amides is 1. The molecule has 2 aromatic heterocycles. The summed E-state index contributed by atoms with van der Waals surface area (Å²) >= 11 is 0. The van der Waals surface area contributed by atoms with Crippen LogP contribution in [0, 0.1) is 5.92 Å². The molecular formula is C32H39N5O5. The Morgan fingerprint density at radius 3 is 2.64 bits per heavy atom. The van der Waals surface area contributed by atoms with E-state index in [0.717, 1.165) is 29.4 Å². The smallest absolute Gasteiger partial charge is 0.326 e. The molecule has 222 valence electrons. The number of aromatic nitrogens is 3. The Labute approximate surface area is 244 Å². The highest BCUT2D eigenvalue weighted by atomic mass is 16.5. The summed E-state index contributed by atoms with van der Waals surface area (Å²) in [7, 11) is 0. The zero-order chi connectivity index (χ0) is 29.7. The number of nitrogens with two attached hydrogens (primary N) is 1. The van der Waals surface area contributed by atoms with Gasteiger partial charge in [-0.3, -0.25) is 9.36 Å². The van der Waals surface area contributed by atoms with E-state index in [2.05, 4.69) is 29.1 Å². The van der Waals surface area contributed by atoms with Crippen molar-refractivity contribution in [1.29, 1.82) is 0 Å². The Balaban J connectivity index is 1.11. The van der Waals surface area contributed by atoms with E-state index in [1.807, 2.05) is 42.5 Å². The van der Waals surface area contributed by atoms with Crippen LogP contribution in [0.4, 0.5) is 0 Å². The summed E-state index contributed by atoms with van der Waals surface area (Å²) in [6, 6.07) is 16.4. The van der Waals surface area contributed by atoms with Crippen LogP contribution in [0.15, 0.2) is 65.6 Å². The second-order valence-electron chi connectivity index (χ2n) is 11.7. The molecule has 0 saturated heterocycles. The number of nitrogens with zero attached hydrogens (tertiary/aromatic N) is 2. The summed E-state index contributed by atoms with van der Waals surface area (Å²) in [5, 5.41) is 14.2. The van der Waals surface area contributed by atoms with Gasteiger partial charge in [0.15, 0.2) is 0 Å². The molecule has 5 rings (SSSR count). The maximum absolute atomic E-state index is 12.6. The van der Waals surface area contributed by atoms with Crippen LogP contribution >= 0.6 is 0 Å². The molecule has 5 N–H and O–H groups in total. The Kier molecular flexibility index (Phi) is 8.94. The summed E-state index contributed by atoms with van der Waals surface area (Å²) in [6.45, 7) is 5.27. The van der Waals surface area contributed by atoms with Gasteiger partial charge in [-0.25, -0.2) is 9.78 Å². The number of aliphatic hydroxyl groups excluding tert-OH is 1. The molecule has 0 radical (unpaired) electrons. The van der Waals surface area contributed by atoms with Crippen molar-refractivity contribution in [3.8, 4) is 17.4 Å². The standard InChI is InChI=1S/C32H39N5O5/c1-32(2,17-22-9-12-25(13-10-22)42-28-14-11-23(18-34-28)30(33)39)35-19-24(38)20-41-27-8-4-7-26-29(27)37(31(40)36-26)16-15-21-5-3-6-21/h4,7-14,18,21,24,35,38H,3,5-6,15-17,19-20H2,1-2H3,(H2,33,39)(H,36,40)/t24-/m0/s1. The molecule has 0 aliphatic heterocycles. The molecule has 0 spiro atoms. The number of rotatable bonds is 14. The van der Waals surface area contributed by atoms with E-state index in [1.165, 1.54) is 25.5 Å². The van der Waals surface area contributed by atoms with Crippen molar-refractivity contribution in [1.82, 2.24) is 19.9 Å². The lowest BCUT2D eigenvalue weighted by atomic mass is 9.83. The highest BCUT2D eigenvalue weighted by molar-refractivity contribution is 5.92. The highest BCUT2D eigenvalue weighted by Crippen LogP contribution is 2.31. The molecule has 4 aromatic rings. The topological polar surface area (TPSA) is 144 Å². The van der Waals surface area contributed by atoms with Gasteiger partial charge in [0.1, 0.15) is 29.7 Å². The van der Waals surface area contributed by atoms with Crippen molar-refractivity contribution in [2.45, 2.75) is 64.1 Å². The summed E-state index contributed by atoms with van der Waals surface area (Å²) < 4.78 is 13.6. The number of imidazole rings is 1. The third-order valence-corrected chi connectivity index (χ3v) is 7.80. The Hall–Kier alpha value is -4.15. The van der Waals surface area contributed by atoms with E-state index in [-0.39, 0.29) is 17.8 Å². The van der Waals surface area contributed by atoms with Crippen LogP contribution in [0.1, 0.15) is 55.5 Å². The van der Waals surface area contributed by atoms with Gasteiger partial charge in [0.25, 0.3) is 0 Å². The molecule has 1 aliphatic carbocycles. The Morgan fingerprint density at radius 1 is 1.19 bits per heavy atom. The second kappa shape index (κ2) is 12.8. The predicted octanol–water partition coefficient (Wildman–Crippen LogP) is 4.16. The second-order valence-corrected chi connectivity index (χ2v) is 11.7. The number of pyridine rings is 1. The van der Waals surface area contributed by atoms with Gasteiger partial charge in [-0.15, -0.1) is 0 Å². The van der Waals surface area contributed by atoms with Gasteiger partial charge < -0.3 is 30.6 Å². The number of para-hydroxylation sites is 1. The van der Waals surface area contributed by atoms with Crippen LogP contribution in [0.2, 0.25) is 0 Å². The first-order valence-electron chi connectivity index (χ1n) is 14.5. The van der Waals surface area contributed by atoms with Gasteiger partial charge in [-0.2, -0.15) is 0 Å². The molecule has 1 fully saturated rings. The summed E-state index contributed by atoms with van der Waals surface area (Å²) in [4.78, 5) is 30.9. The average molecular weight is 574 g/mol. The highest BCUT2D eigenvalue weighted by Gasteiger charge is 2.21. The Morgan fingerprint density at radius 2 is 1.98 bits per heavy atom. The molecular weight excluding hydrogens is 534 g/mol. The minimum Gasteiger partial charge on any atom is -0.489 e. The van der Waals surface area contributed by atoms with E-state index < -0.39 is 12.0 Å². The quantitative estimate of drug-likeness (QED) is 0.177. The van der Waals surface area contributed by atoms with Crippen LogP contribution < -0.4 is 26.2 Å². The van der Waals surface area contributed by atoms with Crippen LogP contribution in [0.3, 0.4) is 0 Å². The van der Waals surface area contributed by atoms with Gasteiger partial charge in [-0.1, -0.05) is 37.5 Å². The van der Waals surface area contributed by atoms with Crippen molar-refractivity contribution in [2.24, 2.45) is 11.7 Å². The fourth-order valence-electron chi connectivity index (χ4n) is 5.20. The number of β-amino-alcohol motifs (C(OH)–C–C–N with tert-alkyl or cyclic N) is 1. The third-order valence-electron chi connectivity index (χ3n) is 7.80. The van der Waals surface area contributed by atoms with Crippen molar-refractivity contribution < 1.29 is 19.4 Å². The molecule has 2 heterocycles. The molecule has 0 unspecified atom stereocenters. The van der Waals surface area contributed by atoms with Crippen molar-refractivity contribution >= 4 is 16.9 Å². The molecule has 2 aromatic carbocycles. The van der Waals surface area contributed by atoms with Gasteiger partial charge in [0.05, 0.1) is 11.1 Å². The van der Waals surface area contributed by atoms with Crippen LogP contribution in [-0.4, -0.2) is 50.3 Å². The van der Waals surface area contributed by atoms with Crippen molar-refractivity contribution in [3.05, 3.63) is 82.4 Å². The van der Waals surface area contributed by atoms with E-state index >= 15 is 0 Å². The zero-order valence-electron chi connectivity index (χ0n) is 24.1. The first-order chi connectivity index (χ1) is 20.2.